The number of carbonyl (C=O) groups is 2. The van der Waals surface area contributed by atoms with Crippen molar-refractivity contribution in [2.24, 2.45) is 0 Å². The van der Waals surface area contributed by atoms with Crippen LogP contribution in [0.4, 0.5) is 0 Å². The van der Waals surface area contributed by atoms with E-state index in [1.165, 1.54) is 13.2 Å². The van der Waals surface area contributed by atoms with Gasteiger partial charge in [0, 0.05) is 11.6 Å². The number of hydrogen-bond donors (Lipinski definition) is 0. The van der Waals surface area contributed by atoms with Crippen molar-refractivity contribution in [2.45, 2.75) is 0 Å². The summed E-state index contributed by atoms with van der Waals surface area (Å²) in [6, 6.07) is 8.71. The first kappa shape index (κ1) is 13.2. The van der Waals surface area contributed by atoms with E-state index in [1.54, 1.807) is 37.4 Å². The van der Waals surface area contributed by atoms with Crippen LogP contribution in [0.2, 0.25) is 0 Å². The van der Waals surface area contributed by atoms with E-state index in [-0.39, 0.29) is 22.9 Å². The zero-order valence-electron chi connectivity index (χ0n) is 11.5. The van der Waals surface area contributed by atoms with E-state index < -0.39 is 5.78 Å². The lowest BCUT2D eigenvalue weighted by Crippen LogP contribution is -2.15. The predicted octanol–water partition coefficient (Wildman–Crippen LogP) is 2.86. The number of Topliss-reactive ketones (excluding diaryl/α,β-unsaturated/α-hetero) is 1. The molecule has 106 valence electrons. The van der Waals surface area contributed by atoms with Crippen molar-refractivity contribution in [3.05, 3.63) is 53.5 Å². The molecule has 5 nitrogen and oxygen atoms in total. The van der Waals surface area contributed by atoms with Crippen LogP contribution < -0.4 is 4.74 Å². The smallest absolute Gasteiger partial charge is 0.263 e. The van der Waals surface area contributed by atoms with Crippen molar-refractivity contribution < 1.29 is 23.5 Å². The van der Waals surface area contributed by atoms with Gasteiger partial charge in [0.1, 0.15) is 11.5 Å². The van der Waals surface area contributed by atoms with Crippen LogP contribution in [0.3, 0.4) is 0 Å². The molecule has 1 aliphatic rings. The van der Waals surface area contributed by atoms with Crippen molar-refractivity contribution in [3.8, 4) is 17.1 Å². The number of ketones is 2. The molecule has 0 unspecified atom stereocenters. The molecule has 2 aromatic rings. The maximum Gasteiger partial charge on any atom is 0.263 e. The van der Waals surface area contributed by atoms with Gasteiger partial charge in [-0.2, -0.15) is 0 Å². The minimum Gasteiger partial charge on any atom is -0.497 e. The van der Waals surface area contributed by atoms with E-state index in [0.717, 1.165) is 5.56 Å². The van der Waals surface area contributed by atoms with Crippen LogP contribution in [0.1, 0.15) is 20.9 Å². The van der Waals surface area contributed by atoms with Crippen molar-refractivity contribution in [2.75, 3.05) is 14.2 Å². The molecule has 0 N–H and O–H groups in total. The molecule has 1 aromatic carbocycles. The van der Waals surface area contributed by atoms with Crippen LogP contribution in [0.15, 0.2) is 46.6 Å². The van der Waals surface area contributed by atoms with Crippen LogP contribution in [0, 0.1) is 0 Å². The van der Waals surface area contributed by atoms with Crippen LogP contribution in [-0.2, 0) is 4.74 Å². The normalized spacial score (nSPS) is 13.7. The lowest BCUT2D eigenvalue weighted by atomic mass is 10.0. The highest BCUT2D eigenvalue weighted by atomic mass is 16.5. The van der Waals surface area contributed by atoms with E-state index >= 15 is 0 Å². The predicted molar refractivity (Wildman–Crippen MR) is 74.4 cm³/mol. The number of methoxy groups -OCH3 is 2. The van der Waals surface area contributed by atoms with Gasteiger partial charge >= 0.3 is 0 Å². The third kappa shape index (κ3) is 2.12. The largest absolute Gasteiger partial charge is 0.497 e. The number of allylic oxidation sites excluding steroid dienone is 2. The van der Waals surface area contributed by atoms with Crippen LogP contribution in [-0.4, -0.2) is 25.8 Å². The molecule has 0 fully saturated rings. The Labute approximate surface area is 120 Å². The number of carbonyl (C=O) groups excluding carboxylic acids is 2. The lowest BCUT2D eigenvalue weighted by molar-refractivity contribution is 0.0892. The van der Waals surface area contributed by atoms with E-state index in [1.807, 2.05) is 0 Å². The summed E-state index contributed by atoms with van der Waals surface area (Å²) in [5.41, 5.74) is 1.01. The Balaban J connectivity index is 2.03. The highest BCUT2D eigenvalue weighted by Gasteiger charge is 2.31. The second-order valence-electron chi connectivity index (χ2n) is 4.49. The summed E-state index contributed by atoms with van der Waals surface area (Å²) in [6.45, 7) is 0. The third-order valence-electron chi connectivity index (χ3n) is 3.28. The molecule has 0 bridgehead atoms. The number of rotatable bonds is 3. The zero-order chi connectivity index (χ0) is 15.0. The monoisotopic (exact) mass is 284 g/mol. The van der Waals surface area contributed by atoms with E-state index in [9.17, 15) is 9.59 Å². The van der Waals surface area contributed by atoms with E-state index in [0.29, 0.717) is 11.5 Å². The molecule has 0 amide bonds. The Hall–Kier alpha value is -2.82. The molecular formula is C16H12O5. The molecule has 0 aliphatic heterocycles. The summed E-state index contributed by atoms with van der Waals surface area (Å²) in [6.07, 6.45) is 1.18. The first-order chi connectivity index (χ1) is 10.1. The Morgan fingerprint density at radius 2 is 1.71 bits per heavy atom. The summed E-state index contributed by atoms with van der Waals surface area (Å²) < 4.78 is 15.5. The molecular weight excluding hydrogens is 272 g/mol. The Bertz CT molecular complexity index is 749. The van der Waals surface area contributed by atoms with Crippen LogP contribution in [0.25, 0.3) is 11.3 Å². The molecule has 0 radical (unpaired) electrons. The van der Waals surface area contributed by atoms with Gasteiger partial charge in [-0.25, -0.2) is 0 Å². The minimum absolute atomic E-state index is 0.0110. The van der Waals surface area contributed by atoms with Crippen molar-refractivity contribution in [1.29, 1.82) is 0 Å². The third-order valence-corrected chi connectivity index (χ3v) is 3.28. The second-order valence-corrected chi connectivity index (χ2v) is 4.49. The minimum atomic E-state index is -0.424. The lowest BCUT2D eigenvalue weighted by Gasteiger charge is -2.08. The molecule has 0 spiro atoms. The van der Waals surface area contributed by atoms with Gasteiger partial charge in [0.15, 0.2) is 17.3 Å². The van der Waals surface area contributed by atoms with Crippen molar-refractivity contribution in [3.63, 3.8) is 0 Å². The first-order valence-corrected chi connectivity index (χ1v) is 6.27. The molecule has 1 aliphatic carbocycles. The molecule has 1 heterocycles. The summed E-state index contributed by atoms with van der Waals surface area (Å²) in [4.78, 5) is 24.0. The van der Waals surface area contributed by atoms with Gasteiger partial charge in [-0.15, -0.1) is 0 Å². The fourth-order valence-corrected chi connectivity index (χ4v) is 2.17. The molecule has 0 saturated carbocycles. The van der Waals surface area contributed by atoms with Gasteiger partial charge in [-0.05, 0) is 30.3 Å². The fraction of sp³-hybridized carbons (Fsp3) is 0.125. The number of benzene rings is 1. The Kier molecular flexibility index (Phi) is 3.10. The van der Waals surface area contributed by atoms with Crippen LogP contribution in [0.5, 0.6) is 5.75 Å². The summed E-state index contributed by atoms with van der Waals surface area (Å²) >= 11 is 0. The molecule has 1 aromatic heterocycles. The number of hydrogen-bond acceptors (Lipinski definition) is 5. The van der Waals surface area contributed by atoms with E-state index in [4.69, 9.17) is 13.9 Å². The maximum atomic E-state index is 12.1. The zero-order valence-corrected chi connectivity index (χ0v) is 11.5. The van der Waals surface area contributed by atoms with Gasteiger partial charge in [0.25, 0.3) is 5.78 Å². The Morgan fingerprint density at radius 3 is 2.33 bits per heavy atom. The summed E-state index contributed by atoms with van der Waals surface area (Å²) in [5, 5.41) is 0. The molecule has 0 atom stereocenters. The highest BCUT2D eigenvalue weighted by molar-refractivity contribution is 6.22. The summed E-state index contributed by atoms with van der Waals surface area (Å²) in [7, 11) is 2.92. The Morgan fingerprint density at radius 1 is 1.00 bits per heavy atom. The standard InChI is InChI=1S/C16H12O5/c1-19-10-5-3-9(4-6-10)13-7-11-12(17)8-14(20-2)15(18)16(11)21-13/h3-8H,1-2H3. The topological polar surface area (TPSA) is 65.7 Å². The van der Waals surface area contributed by atoms with Crippen molar-refractivity contribution >= 4 is 11.6 Å². The fourth-order valence-electron chi connectivity index (χ4n) is 2.17. The van der Waals surface area contributed by atoms with Gasteiger partial charge in [0.2, 0.25) is 0 Å². The molecule has 3 rings (SSSR count). The van der Waals surface area contributed by atoms with Crippen LogP contribution >= 0.6 is 0 Å². The molecule has 0 saturated heterocycles. The average Bonchev–Trinajstić information content (AvgIpc) is 2.97. The van der Waals surface area contributed by atoms with Gasteiger partial charge in [-0.3, -0.25) is 9.59 Å². The number of fused-ring (bicyclic) bond motifs is 1. The van der Waals surface area contributed by atoms with Gasteiger partial charge in [0.05, 0.1) is 19.8 Å². The van der Waals surface area contributed by atoms with Crippen molar-refractivity contribution in [1.82, 2.24) is 0 Å². The van der Waals surface area contributed by atoms with Gasteiger partial charge < -0.3 is 13.9 Å². The second kappa shape index (κ2) is 4.94. The average molecular weight is 284 g/mol. The molecule has 21 heavy (non-hydrogen) atoms. The molecule has 5 heteroatoms. The maximum absolute atomic E-state index is 12.1. The number of ether oxygens (including phenoxy) is 2. The number of furan rings is 1. The first-order valence-electron chi connectivity index (χ1n) is 6.27. The summed E-state index contributed by atoms with van der Waals surface area (Å²) in [5.74, 6) is 0.450. The van der Waals surface area contributed by atoms with E-state index in [2.05, 4.69) is 0 Å². The SMILES string of the molecule is COC1=CC(=O)c2cc(-c3ccc(OC)cc3)oc2C1=O. The quantitative estimate of drug-likeness (QED) is 0.867. The highest BCUT2D eigenvalue weighted by Crippen LogP contribution is 2.31. The van der Waals surface area contributed by atoms with Gasteiger partial charge in [-0.1, -0.05) is 0 Å².